The molecule has 9 heteroatoms. The first-order valence-electron chi connectivity index (χ1n) is 10.7. The average Bonchev–Trinajstić information content (AvgIpc) is 3.27. The van der Waals surface area contributed by atoms with E-state index >= 15 is 0 Å². The van der Waals surface area contributed by atoms with Crippen molar-refractivity contribution in [2.24, 2.45) is 4.99 Å². The van der Waals surface area contributed by atoms with Crippen LogP contribution in [0.3, 0.4) is 0 Å². The maximum atomic E-state index is 13.2. The molecule has 0 bridgehead atoms. The summed E-state index contributed by atoms with van der Waals surface area (Å²) in [5.41, 5.74) is 1.36. The number of nitrogens with one attached hydrogen (secondary N) is 1. The molecule has 0 unspecified atom stereocenters. The summed E-state index contributed by atoms with van der Waals surface area (Å²) in [5.74, 6) is 2.90. The van der Waals surface area contributed by atoms with E-state index in [2.05, 4.69) is 5.10 Å². The van der Waals surface area contributed by atoms with Crippen molar-refractivity contribution in [1.29, 1.82) is 0 Å². The molecule has 0 amide bonds. The van der Waals surface area contributed by atoms with Crippen LogP contribution in [0.15, 0.2) is 15.9 Å². The van der Waals surface area contributed by atoms with E-state index in [0.29, 0.717) is 28.6 Å². The molecule has 5 rings (SSSR count). The third-order valence-corrected chi connectivity index (χ3v) is 7.40. The monoisotopic (exact) mass is 445 g/mol. The first-order valence-corrected chi connectivity index (χ1v) is 11.6. The van der Waals surface area contributed by atoms with Gasteiger partial charge >= 0.3 is 0 Å². The van der Waals surface area contributed by atoms with Gasteiger partial charge in [-0.15, -0.1) is 0 Å². The Morgan fingerprint density at radius 1 is 1.13 bits per heavy atom. The smallest absolute Gasteiger partial charge is 0.271 e. The van der Waals surface area contributed by atoms with Crippen LogP contribution in [0.1, 0.15) is 67.9 Å². The van der Waals surface area contributed by atoms with Crippen molar-refractivity contribution < 1.29 is 18.9 Å². The topological polar surface area (TPSA) is 87.1 Å². The lowest BCUT2D eigenvalue weighted by atomic mass is 10.0. The number of aliphatic imine (C=N–C) groups is 1. The van der Waals surface area contributed by atoms with Crippen LogP contribution in [0.25, 0.3) is 0 Å². The maximum absolute atomic E-state index is 13.2. The molecule has 1 N–H and O–H groups in total. The average molecular weight is 446 g/mol. The van der Waals surface area contributed by atoms with Crippen LogP contribution >= 0.6 is 11.8 Å². The number of H-pyrrole nitrogens is 1. The molecule has 1 aliphatic carbocycles. The largest absolute Gasteiger partial charge is 0.493 e. The van der Waals surface area contributed by atoms with E-state index in [9.17, 15) is 4.79 Å². The number of fused-ring (bicyclic) bond motifs is 2. The lowest BCUT2D eigenvalue weighted by Gasteiger charge is -2.25. The van der Waals surface area contributed by atoms with Crippen molar-refractivity contribution in [2.75, 3.05) is 21.0 Å². The first-order chi connectivity index (χ1) is 15.1. The normalized spacial score (nSPS) is 20.7. The standard InChI is InChI=1S/C22H27N3O5S/c1-12-23-21-16(22(26)24-25(21)13-8-6-4-5-7-9-13)20(31-12)14-10-15(27-2)18-19(17(14)28-3)30-11-29-18/h10,13,20H,4-9,11H2,1-3H3,(H,24,26)/t20-/m0/s1. The molecule has 8 nitrogen and oxygen atoms in total. The third kappa shape index (κ3) is 3.39. The highest BCUT2D eigenvalue weighted by Crippen LogP contribution is 2.55. The number of rotatable bonds is 4. The molecule has 2 aliphatic heterocycles. The molecule has 1 aromatic heterocycles. The zero-order valence-corrected chi connectivity index (χ0v) is 18.8. The number of hydrogen-bond acceptors (Lipinski definition) is 7. The molecule has 31 heavy (non-hydrogen) atoms. The Morgan fingerprint density at radius 2 is 1.87 bits per heavy atom. The minimum atomic E-state index is -0.290. The predicted molar refractivity (Wildman–Crippen MR) is 120 cm³/mol. The van der Waals surface area contributed by atoms with Crippen molar-refractivity contribution in [2.45, 2.75) is 56.7 Å². The Balaban J connectivity index is 1.66. The molecule has 1 saturated carbocycles. The van der Waals surface area contributed by atoms with Gasteiger partial charge in [0, 0.05) is 5.56 Å². The van der Waals surface area contributed by atoms with E-state index in [0.717, 1.165) is 29.3 Å². The van der Waals surface area contributed by atoms with Gasteiger partial charge in [-0.3, -0.25) is 14.6 Å². The molecule has 0 radical (unpaired) electrons. The lowest BCUT2D eigenvalue weighted by Crippen LogP contribution is -2.14. The molecule has 1 aromatic carbocycles. The van der Waals surface area contributed by atoms with Crippen molar-refractivity contribution in [3.05, 3.63) is 27.5 Å². The lowest BCUT2D eigenvalue weighted by molar-refractivity contribution is 0.168. The number of aromatic amines is 1. The summed E-state index contributed by atoms with van der Waals surface area (Å²) in [4.78, 5) is 18.0. The van der Waals surface area contributed by atoms with Gasteiger partial charge in [0.1, 0.15) is 0 Å². The van der Waals surface area contributed by atoms with Crippen molar-refractivity contribution in [1.82, 2.24) is 9.78 Å². The van der Waals surface area contributed by atoms with Gasteiger partial charge in [0.05, 0.1) is 36.1 Å². The van der Waals surface area contributed by atoms with E-state index in [4.69, 9.17) is 23.9 Å². The Bertz CT molecular complexity index is 1080. The van der Waals surface area contributed by atoms with Crippen LogP contribution in [-0.4, -0.2) is 35.8 Å². The molecule has 0 saturated heterocycles. The highest BCUT2D eigenvalue weighted by Gasteiger charge is 2.37. The van der Waals surface area contributed by atoms with E-state index in [-0.39, 0.29) is 23.6 Å². The molecule has 166 valence electrons. The second kappa shape index (κ2) is 8.18. The van der Waals surface area contributed by atoms with Gasteiger partial charge < -0.3 is 18.9 Å². The minimum Gasteiger partial charge on any atom is -0.493 e. The Morgan fingerprint density at radius 3 is 2.58 bits per heavy atom. The number of methoxy groups -OCH3 is 2. The summed E-state index contributed by atoms with van der Waals surface area (Å²) in [6.45, 7) is 2.08. The summed E-state index contributed by atoms with van der Waals surface area (Å²) in [6, 6.07) is 2.15. The number of aromatic nitrogens is 2. The Hall–Kier alpha value is -2.55. The number of hydrogen-bond donors (Lipinski definition) is 1. The number of thioether (sulfide) groups is 1. The van der Waals surface area contributed by atoms with Crippen LogP contribution in [0.2, 0.25) is 0 Å². The first kappa shape index (κ1) is 20.4. The summed E-state index contributed by atoms with van der Waals surface area (Å²) in [6.07, 6.45) is 6.97. The van der Waals surface area contributed by atoms with Gasteiger partial charge in [0.2, 0.25) is 18.3 Å². The highest BCUT2D eigenvalue weighted by molar-refractivity contribution is 8.14. The minimum absolute atomic E-state index is 0.105. The summed E-state index contributed by atoms with van der Waals surface area (Å²) >= 11 is 1.54. The van der Waals surface area contributed by atoms with Crippen molar-refractivity contribution >= 4 is 22.6 Å². The number of nitrogens with zero attached hydrogens (tertiary/aromatic N) is 2. The van der Waals surface area contributed by atoms with Crippen LogP contribution in [0.4, 0.5) is 5.82 Å². The van der Waals surface area contributed by atoms with Gasteiger partial charge in [-0.25, -0.2) is 4.99 Å². The van der Waals surface area contributed by atoms with Gasteiger partial charge in [-0.05, 0) is 25.8 Å². The van der Waals surface area contributed by atoms with Crippen LogP contribution < -0.4 is 24.5 Å². The molecule has 3 aliphatic rings. The molecule has 1 fully saturated rings. The fourth-order valence-corrected chi connectivity index (χ4v) is 5.91. The van der Waals surface area contributed by atoms with Gasteiger partial charge in [-0.1, -0.05) is 37.4 Å². The summed E-state index contributed by atoms with van der Waals surface area (Å²) in [7, 11) is 3.19. The fourth-order valence-electron chi connectivity index (χ4n) is 4.80. The van der Waals surface area contributed by atoms with E-state index in [1.807, 2.05) is 17.7 Å². The van der Waals surface area contributed by atoms with E-state index in [1.165, 1.54) is 37.4 Å². The van der Waals surface area contributed by atoms with Gasteiger partial charge in [0.25, 0.3) is 5.56 Å². The quantitative estimate of drug-likeness (QED) is 0.686. The molecule has 3 heterocycles. The maximum Gasteiger partial charge on any atom is 0.271 e. The number of benzene rings is 1. The zero-order valence-electron chi connectivity index (χ0n) is 18.0. The molecular weight excluding hydrogens is 418 g/mol. The zero-order chi connectivity index (χ0) is 21.5. The molecule has 1 atom stereocenters. The van der Waals surface area contributed by atoms with E-state index in [1.54, 1.807) is 14.2 Å². The highest BCUT2D eigenvalue weighted by atomic mass is 32.2. The van der Waals surface area contributed by atoms with E-state index < -0.39 is 0 Å². The predicted octanol–water partition coefficient (Wildman–Crippen LogP) is 4.70. The summed E-state index contributed by atoms with van der Waals surface area (Å²) in [5, 5.41) is 3.71. The molecule has 2 aromatic rings. The molecule has 0 spiro atoms. The van der Waals surface area contributed by atoms with Crippen LogP contribution in [0.5, 0.6) is 23.0 Å². The summed E-state index contributed by atoms with van der Waals surface area (Å²) < 4.78 is 24.6. The fraction of sp³-hybridized carbons (Fsp3) is 0.545. The Kier molecular flexibility index (Phi) is 5.37. The van der Waals surface area contributed by atoms with Gasteiger partial charge in [-0.2, -0.15) is 0 Å². The van der Waals surface area contributed by atoms with Gasteiger partial charge in [0.15, 0.2) is 17.3 Å². The van der Waals surface area contributed by atoms with Crippen LogP contribution in [-0.2, 0) is 0 Å². The Labute approximate surface area is 184 Å². The SMILES string of the molecule is COc1cc([C@@H]2SC(C)=Nc3c2c(=O)[nH]n3C2CCCCCC2)c(OC)c2c1OCO2. The number of ether oxygens (including phenoxy) is 4. The second-order valence-corrected chi connectivity index (χ2v) is 9.39. The third-order valence-electron chi connectivity index (χ3n) is 6.24. The van der Waals surface area contributed by atoms with Crippen molar-refractivity contribution in [3.63, 3.8) is 0 Å². The van der Waals surface area contributed by atoms with Crippen molar-refractivity contribution in [3.8, 4) is 23.0 Å². The second-order valence-electron chi connectivity index (χ2n) is 8.09. The van der Waals surface area contributed by atoms with Crippen LogP contribution in [0, 0.1) is 0 Å². The molecular formula is C22H27N3O5S.